The average molecular weight is 218 g/mol. The normalized spacial score (nSPS) is 23.2. The van der Waals surface area contributed by atoms with Crippen LogP contribution in [-0.2, 0) is 4.79 Å². The zero-order chi connectivity index (χ0) is 12.0. The Kier molecular flexibility index (Phi) is 5.24. The summed E-state index contributed by atoms with van der Waals surface area (Å²) in [4.78, 5) is 10.4. The fraction of sp³-hybridized carbons (Fsp3) is 0.533. The highest BCUT2D eigenvalue weighted by Gasteiger charge is 2.16. The second-order valence-electron chi connectivity index (χ2n) is 4.84. The molecule has 1 aliphatic rings. The number of allylic oxidation sites excluding steroid dienone is 5. The molecule has 0 saturated carbocycles. The Labute approximate surface area is 98.9 Å². The number of rotatable bonds is 5. The second kappa shape index (κ2) is 6.47. The third-order valence-corrected chi connectivity index (χ3v) is 3.38. The van der Waals surface area contributed by atoms with Gasteiger partial charge >= 0.3 is 0 Å². The molecule has 0 N–H and O–H groups in total. The Bertz CT molecular complexity index is 309. The number of carbonyl (C=O) groups is 1. The van der Waals surface area contributed by atoms with Crippen molar-refractivity contribution in [2.75, 3.05) is 0 Å². The average Bonchev–Trinajstić information content (AvgIpc) is 2.29. The molecule has 0 aromatic heterocycles. The largest absolute Gasteiger partial charge is 0.298 e. The van der Waals surface area contributed by atoms with E-state index in [0.717, 1.165) is 31.1 Å². The van der Waals surface area contributed by atoms with Crippen molar-refractivity contribution in [3.63, 3.8) is 0 Å². The summed E-state index contributed by atoms with van der Waals surface area (Å²) in [6.07, 6.45) is 12.0. The maximum atomic E-state index is 10.4. The van der Waals surface area contributed by atoms with Crippen LogP contribution in [0.4, 0.5) is 0 Å². The molecule has 0 aromatic carbocycles. The van der Waals surface area contributed by atoms with Crippen molar-refractivity contribution in [3.05, 3.63) is 36.0 Å². The molecule has 0 heterocycles. The summed E-state index contributed by atoms with van der Waals surface area (Å²) in [5.41, 5.74) is 2.10. The van der Waals surface area contributed by atoms with Gasteiger partial charge in [-0.3, -0.25) is 4.79 Å². The van der Waals surface area contributed by atoms with Crippen LogP contribution in [0.1, 0.15) is 39.5 Å². The van der Waals surface area contributed by atoms with E-state index in [2.05, 4.69) is 25.7 Å². The van der Waals surface area contributed by atoms with Crippen LogP contribution in [0.3, 0.4) is 0 Å². The predicted octanol–water partition coefficient (Wildman–Crippen LogP) is 4.07. The second-order valence-corrected chi connectivity index (χ2v) is 4.84. The number of aldehydes is 1. The van der Waals surface area contributed by atoms with Gasteiger partial charge in [-0.2, -0.15) is 0 Å². The van der Waals surface area contributed by atoms with Crippen LogP contribution in [-0.4, -0.2) is 6.29 Å². The van der Waals surface area contributed by atoms with Crippen LogP contribution in [0.25, 0.3) is 0 Å². The Morgan fingerprint density at radius 2 is 2.44 bits per heavy atom. The molecule has 1 heteroatoms. The van der Waals surface area contributed by atoms with E-state index >= 15 is 0 Å². The summed E-state index contributed by atoms with van der Waals surface area (Å²) in [6, 6.07) is 0. The smallest absolute Gasteiger partial charge is 0.145 e. The highest BCUT2D eigenvalue weighted by atomic mass is 16.1. The molecular weight excluding hydrogens is 196 g/mol. The molecule has 0 saturated heterocycles. The molecule has 2 atom stereocenters. The van der Waals surface area contributed by atoms with Gasteiger partial charge in [-0.15, -0.1) is 0 Å². The van der Waals surface area contributed by atoms with Crippen molar-refractivity contribution in [1.82, 2.24) is 0 Å². The lowest BCUT2D eigenvalue weighted by molar-refractivity contribution is -0.104. The van der Waals surface area contributed by atoms with Crippen molar-refractivity contribution in [3.8, 4) is 0 Å². The topological polar surface area (TPSA) is 17.1 Å². The Morgan fingerprint density at radius 3 is 3.00 bits per heavy atom. The minimum atomic E-state index is 0.690. The summed E-state index contributed by atoms with van der Waals surface area (Å²) in [5.74, 6) is 1.38. The first-order chi connectivity index (χ1) is 7.63. The van der Waals surface area contributed by atoms with E-state index in [1.54, 1.807) is 0 Å². The van der Waals surface area contributed by atoms with E-state index in [-0.39, 0.29) is 0 Å². The molecule has 0 bridgehead atoms. The van der Waals surface area contributed by atoms with Crippen molar-refractivity contribution in [2.24, 2.45) is 11.8 Å². The van der Waals surface area contributed by atoms with Crippen LogP contribution >= 0.6 is 0 Å². The molecule has 0 radical (unpaired) electrons. The molecule has 0 aliphatic heterocycles. The SMILES string of the molecule is C=C1C=C[C@@H]([C@@H](C)CC/C=C(\C)C=O)CC1. The molecule has 0 amide bonds. The van der Waals surface area contributed by atoms with Crippen LogP contribution in [0.15, 0.2) is 36.0 Å². The van der Waals surface area contributed by atoms with Gasteiger partial charge in [0, 0.05) is 0 Å². The van der Waals surface area contributed by atoms with Crippen molar-refractivity contribution in [2.45, 2.75) is 39.5 Å². The van der Waals surface area contributed by atoms with Crippen molar-refractivity contribution < 1.29 is 4.79 Å². The number of carbonyl (C=O) groups excluding carboxylic acids is 1. The fourth-order valence-electron chi connectivity index (χ4n) is 2.10. The molecular formula is C15H22O. The summed E-state index contributed by atoms with van der Waals surface area (Å²) >= 11 is 0. The minimum Gasteiger partial charge on any atom is -0.298 e. The quantitative estimate of drug-likeness (QED) is 0.502. The van der Waals surface area contributed by atoms with E-state index in [1.807, 2.05) is 13.0 Å². The molecule has 88 valence electrons. The highest BCUT2D eigenvalue weighted by molar-refractivity contribution is 5.71. The first-order valence-electron chi connectivity index (χ1n) is 6.11. The van der Waals surface area contributed by atoms with Crippen LogP contribution in [0, 0.1) is 11.8 Å². The summed E-state index contributed by atoms with van der Waals surface area (Å²) in [7, 11) is 0. The van der Waals surface area contributed by atoms with E-state index < -0.39 is 0 Å². The van der Waals surface area contributed by atoms with Crippen LogP contribution in [0.2, 0.25) is 0 Å². The monoisotopic (exact) mass is 218 g/mol. The fourth-order valence-corrected chi connectivity index (χ4v) is 2.10. The Hall–Kier alpha value is -1.11. The summed E-state index contributed by atoms with van der Waals surface area (Å²) < 4.78 is 0. The van der Waals surface area contributed by atoms with E-state index in [9.17, 15) is 4.79 Å². The van der Waals surface area contributed by atoms with Gasteiger partial charge in [0.1, 0.15) is 6.29 Å². The van der Waals surface area contributed by atoms with Gasteiger partial charge in [-0.1, -0.05) is 37.3 Å². The third-order valence-electron chi connectivity index (χ3n) is 3.38. The maximum Gasteiger partial charge on any atom is 0.145 e. The van der Waals surface area contributed by atoms with Crippen molar-refractivity contribution in [1.29, 1.82) is 0 Å². The van der Waals surface area contributed by atoms with Crippen LogP contribution in [0.5, 0.6) is 0 Å². The molecule has 0 unspecified atom stereocenters. The summed E-state index contributed by atoms with van der Waals surface area (Å²) in [6.45, 7) is 8.13. The molecule has 1 nitrogen and oxygen atoms in total. The van der Waals surface area contributed by atoms with Gasteiger partial charge in [0.25, 0.3) is 0 Å². The number of hydrogen-bond acceptors (Lipinski definition) is 1. The molecule has 0 fully saturated rings. The van der Waals surface area contributed by atoms with Crippen molar-refractivity contribution >= 4 is 6.29 Å². The van der Waals surface area contributed by atoms with Gasteiger partial charge in [0.2, 0.25) is 0 Å². The van der Waals surface area contributed by atoms with Gasteiger partial charge in [0.05, 0.1) is 0 Å². The van der Waals surface area contributed by atoms with Crippen LogP contribution < -0.4 is 0 Å². The first kappa shape index (κ1) is 13.0. The van der Waals surface area contributed by atoms with Gasteiger partial charge in [-0.05, 0) is 50.0 Å². The Morgan fingerprint density at radius 1 is 1.69 bits per heavy atom. The highest BCUT2D eigenvalue weighted by Crippen LogP contribution is 2.29. The molecule has 0 aromatic rings. The first-order valence-corrected chi connectivity index (χ1v) is 6.11. The molecule has 0 spiro atoms. The van der Waals surface area contributed by atoms with Gasteiger partial charge < -0.3 is 0 Å². The van der Waals surface area contributed by atoms with E-state index in [1.165, 1.54) is 12.0 Å². The lowest BCUT2D eigenvalue weighted by Gasteiger charge is -2.23. The standard InChI is InChI=1S/C15H22O/c1-12-7-9-15(10-8-12)14(3)6-4-5-13(2)11-16/h5,7,9,11,14-15H,1,4,6,8,10H2,2-3H3/b13-5+/t14-,15+/m0/s1. The molecule has 16 heavy (non-hydrogen) atoms. The van der Waals surface area contributed by atoms with E-state index in [4.69, 9.17) is 0 Å². The maximum absolute atomic E-state index is 10.4. The molecule has 1 aliphatic carbocycles. The Balaban J connectivity index is 2.35. The number of hydrogen-bond donors (Lipinski definition) is 0. The lowest BCUT2D eigenvalue weighted by Crippen LogP contribution is -2.12. The zero-order valence-corrected chi connectivity index (χ0v) is 10.4. The van der Waals surface area contributed by atoms with E-state index in [0.29, 0.717) is 11.8 Å². The van der Waals surface area contributed by atoms with Gasteiger partial charge in [0.15, 0.2) is 0 Å². The van der Waals surface area contributed by atoms with Gasteiger partial charge in [-0.25, -0.2) is 0 Å². The minimum absolute atomic E-state index is 0.690. The summed E-state index contributed by atoms with van der Waals surface area (Å²) in [5, 5.41) is 0. The zero-order valence-electron chi connectivity index (χ0n) is 10.4. The third kappa shape index (κ3) is 4.18. The molecule has 1 rings (SSSR count). The predicted molar refractivity (Wildman–Crippen MR) is 69.2 cm³/mol. The lowest BCUT2D eigenvalue weighted by atomic mass is 9.82.